The molecule has 222 valence electrons. The minimum atomic E-state index is 1.24. The van der Waals surface area contributed by atoms with Crippen molar-refractivity contribution >= 4 is 55.0 Å². The van der Waals surface area contributed by atoms with E-state index in [4.69, 9.17) is 0 Å². The highest BCUT2D eigenvalue weighted by molar-refractivity contribution is 7.25. The zero-order chi connectivity index (χ0) is 31.3. The van der Waals surface area contributed by atoms with Crippen LogP contribution >= 0.6 is 22.7 Å². The van der Waals surface area contributed by atoms with E-state index in [1.165, 1.54) is 90.8 Å². The molecule has 0 aliphatic rings. The normalized spacial score (nSPS) is 11.5. The third-order valence-electron chi connectivity index (χ3n) is 9.19. The number of aryl methyl sites for hydroxylation is 1. The lowest BCUT2D eigenvalue weighted by Gasteiger charge is -2.18. The number of benzene rings is 7. The van der Waals surface area contributed by atoms with Crippen LogP contribution in [0.15, 0.2) is 164 Å². The Bertz CT molecular complexity index is 2510. The molecule has 0 radical (unpaired) electrons. The first-order valence-corrected chi connectivity index (χ1v) is 17.6. The molecule has 0 N–H and O–H groups in total. The van der Waals surface area contributed by atoms with Crippen molar-refractivity contribution in [1.82, 2.24) is 0 Å². The molecule has 9 rings (SSSR count). The van der Waals surface area contributed by atoms with Gasteiger partial charge in [0.05, 0.1) is 0 Å². The van der Waals surface area contributed by atoms with Gasteiger partial charge in [-0.1, -0.05) is 139 Å². The van der Waals surface area contributed by atoms with Crippen molar-refractivity contribution in [3.05, 3.63) is 169 Å². The molecule has 0 saturated heterocycles. The summed E-state index contributed by atoms with van der Waals surface area (Å²) in [6, 6.07) is 60.3. The van der Waals surface area contributed by atoms with E-state index in [1.807, 2.05) is 22.7 Å². The lowest BCUT2D eigenvalue weighted by Crippen LogP contribution is -1.91. The molecule has 2 heterocycles. The fourth-order valence-corrected chi connectivity index (χ4v) is 9.04. The predicted molar refractivity (Wildman–Crippen MR) is 207 cm³/mol. The number of thiophene rings is 2. The molecule has 0 saturated carbocycles. The van der Waals surface area contributed by atoms with Crippen LogP contribution < -0.4 is 0 Å². The highest BCUT2D eigenvalue weighted by Crippen LogP contribution is 2.45. The van der Waals surface area contributed by atoms with Crippen LogP contribution in [0.2, 0.25) is 0 Å². The van der Waals surface area contributed by atoms with E-state index in [-0.39, 0.29) is 0 Å². The van der Waals surface area contributed by atoms with Gasteiger partial charge < -0.3 is 0 Å². The van der Waals surface area contributed by atoms with Crippen molar-refractivity contribution in [3.8, 4) is 52.9 Å². The standard InChI is InChI=1S/C45H30S2/c1-29-15-16-34-28-35(22-21-33(34)27-29)45-38-13-7-5-11-36(38)44(37-12-6-8-14-39(37)45)32-19-17-31(18-20-32)41-24-26-43(47-41)42-25-23-40(46-42)30-9-3-2-4-10-30/h2-28H,1H3. The zero-order valence-corrected chi connectivity index (χ0v) is 27.5. The maximum Gasteiger partial charge on any atom is 0.0449 e. The van der Waals surface area contributed by atoms with Gasteiger partial charge in [-0.15, -0.1) is 22.7 Å². The van der Waals surface area contributed by atoms with E-state index in [1.54, 1.807) is 0 Å². The smallest absolute Gasteiger partial charge is 0.0449 e. The Hall–Kier alpha value is -5.28. The molecule has 47 heavy (non-hydrogen) atoms. The van der Waals surface area contributed by atoms with Gasteiger partial charge in [0.25, 0.3) is 0 Å². The van der Waals surface area contributed by atoms with Crippen LogP contribution in [0.1, 0.15) is 5.56 Å². The Balaban J connectivity index is 1.12. The summed E-state index contributed by atoms with van der Waals surface area (Å²) in [5.74, 6) is 0. The molecule has 0 spiro atoms. The van der Waals surface area contributed by atoms with Gasteiger partial charge >= 0.3 is 0 Å². The van der Waals surface area contributed by atoms with Crippen LogP contribution in [0.4, 0.5) is 0 Å². The average Bonchev–Trinajstić information content (AvgIpc) is 3.82. The van der Waals surface area contributed by atoms with Crippen molar-refractivity contribution in [1.29, 1.82) is 0 Å². The van der Waals surface area contributed by atoms with Crippen molar-refractivity contribution in [2.45, 2.75) is 6.92 Å². The van der Waals surface area contributed by atoms with Crippen LogP contribution in [-0.2, 0) is 0 Å². The molecule has 7 aromatic carbocycles. The zero-order valence-electron chi connectivity index (χ0n) is 25.9. The molecule has 0 bridgehead atoms. The molecule has 2 heteroatoms. The van der Waals surface area contributed by atoms with Crippen molar-refractivity contribution in [2.24, 2.45) is 0 Å². The van der Waals surface area contributed by atoms with Gasteiger partial charge in [-0.25, -0.2) is 0 Å². The van der Waals surface area contributed by atoms with E-state index < -0.39 is 0 Å². The SMILES string of the molecule is Cc1ccc2cc(-c3c4ccccc4c(-c4ccc(-c5ccc(-c6ccc(-c7ccccc7)s6)s5)cc4)c4ccccc34)ccc2c1. The molecule has 0 atom stereocenters. The Morgan fingerprint density at radius 2 is 0.745 bits per heavy atom. The minimum absolute atomic E-state index is 1.24. The fraction of sp³-hybridized carbons (Fsp3) is 0.0222. The Labute approximate surface area is 282 Å². The van der Waals surface area contributed by atoms with E-state index in [9.17, 15) is 0 Å². The minimum Gasteiger partial charge on any atom is -0.134 e. The van der Waals surface area contributed by atoms with Gasteiger partial charge in [0.2, 0.25) is 0 Å². The van der Waals surface area contributed by atoms with Crippen molar-refractivity contribution < 1.29 is 0 Å². The van der Waals surface area contributed by atoms with E-state index >= 15 is 0 Å². The maximum absolute atomic E-state index is 2.35. The van der Waals surface area contributed by atoms with Gasteiger partial charge in [-0.05, 0) is 103 Å². The third kappa shape index (κ3) is 4.98. The van der Waals surface area contributed by atoms with Gasteiger partial charge in [-0.3, -0.25) is 0 Å². The summed E-state index contributed by atoms with van der Waals surface area (Å²) in [7, 11) is 0. The monoisotopic (exact) mass is 634 g/mol. The Kier molecular flexibility index (Phi) is 6.85. The second kappa shape index (κ2) is 11.5. The lowest BCUT2D eigenvalue weighted by atomic mass is 9.85. The number of rotatable bonds is 5. The third-order valence-corrected chi connectivity index (χ3v) is 11.7. The van der Waals surface area contributed by atoms with Gasteiger partial charge in [-0.2, -0.15) is 0 Å². The highest BCUT2D eigenvalue weighted by Gasteiger charge is 2.17. The largest absolute Gasteiger partial charge is 0.134 e. The van der Waals surface area contributed by atoms with Gasteiger partial charge in [0.15, 0.2) is 0 Å². The average molecular weight is 635 g/mol. The first-order valence-electron chi connectivity index (χ1n) is 16.0. The molecule has 0 aliphatic heterocycles. The van der Waals surface area contributed by atoms with Gasteiger partial charge in [0.1, 0.15) is 0 Å². The summed E-state index contributed by atoms with van der Waals surface area (Å²) in [6.07, 6.45) is 0. The number of hydrogen-bond donors (Lipinski definition) is 0. The first-order chi connectivity index (χ1) is 23.2. The van der Waals surface area contributed by atoms with Crippen LogP contribution in [0, 0.1) is 6.92 Å². The summed E-state index contributed by atoms with van der Waals surface area (Å²) in [4.78, 5) is 5.22. The summed E-state index contributed by atoms with van der Waals surface area (Å²) in [6.45, 7) is 2.16. The number of hydrogen-bond acceptors (Lipinski definition) is 2. The van der Waals surface area contributed by atoms with E-state index in [0.29, 0.717) is 0 Å². The highest BCUT2D eigenvalue weighted by atomic mass is 32.1. The molecule has 2 aromatic heterocycles. The summed E-state index contributed by atoms with van der Waals surface area (Å²) >= 11 is 3.73. The molecule has 0 aliphatic carbocycles. The molecular formula is C45H30S2. The topological polar surface area (TPSA) is 0 Å². The Morgan fingerprint density at radius 1 is 0.319 bits per heavy atom. The fourth-order valence-electron chi connectivity index (χ4n) is 6.93. The maximum atomic E-state index is 2.35. The van der Waals surface area contributed by atoms with Crippen LogP contribution in [-0.4, -0.2) is 0 Å². The predicted octanol–water partition coefficient (Wildman–Crippen LogP) is 13.9. The quantitative estimate of drug-likeness (QED) is 0.165. The van der Waals surface area contributed by atoms with E-state index in [0.717, 1.165) is 0 Å². The molecular weight excluding hydrogens is 605 g/mol. The molecule has 0 fully saturated rings. The van der Waals surface area contributed by atoms with Crippen LogP contribution in [0.25, 0.3) is 85.2 Å². The van der Waals surface area contributed by atoms with Gasteiger partial charge in [0, 0.05) is 19.5 Å². The summed E-state index contributed by atoms with van der Waals surface area (Å²) in [5, 5.41) is 7.68. The lowest BCUT2D eigenvalue weighted by molar-refractivity contribution is 1.51. The molecule has 0 amide bonds. The van der Waals surface area contributed by atoms with Crippen molar-refractivity contribution in [2.75, 3.05) is 0 Å². The summed E-state index contributed by atoms with van der Waals surface area (Å²) < 4.78 is 0. The van der Waals surface area contributed by atoms with Crippen LogP contribution in [0.5, 0.6) is 0 Å². The Morgan fingerprint density at radius 3 is 1.34 bits per heavy atom. The molecule has 0 unspecified atom stereocenters. The van der Waals surface area contributed by atoms with E-state index in [2.05, 4.69) is 171 Å². The first kappa shape index (κ1) is 28.0. The van der Waals surface area contributed by atoms with Crippen molar-refractivity contribution in [3.63, 3.8) is 0 Å². The second-order valence-electron chi connectivity index (χ2n) is 12.2. The summed E-state index contributed by atoms with van der Waals surface area (Å²) in [5.41, 5.74) is 8.90. The number of fused-ring (bicyclic) bond motifs is 3. The second-order valence-corrected chi connectivity index (χ2v) is 14.3. The molecule has 9 aromatic rings. The molecule has 0 nitrogen and oxygen atoms in total. The van der Waals surface area contributed by atoms with Crippen LogP contribution in [0.3, 0.4) is 0 Å².